The molecule has 1 aliphatic rings. The lowest BCUT2D eigenvalue weighted by molar-refractivity contribution is -0.0171. The molecular formula is C9H21FN2Si. The lowest BCUT2D eigenvalue weighted by Crippen LogP contribution is -2.64. The minimum absolute atomic E-state index is 0.362. The standard InChI is InChI=1S/C9H21FN2Si/c1-3-5-6-8-12-9(10)11(13-12)7-4-2/h9H,3-8,13H2,1-2H3. The van der Waals surface area contributed by atoms with Crippen molar-refractivity contribution in [3.05, 3.63) is 0 Å². The van der Waals surface area contributed by atoms with E-state index in [1.165, 1.54) is 19.3 Å². The van der Waals surface area contributed by atoms with Gasteiger partial charge >= 0.3 is 0 Å². The topological polar surface area (TPSA) is 6.48 Å². The Balaban J connectivity index is 2.05. The molecule has 4 heteroatoms. The number of hydrogen-bond acceptors (Lipinski definition) is 2. The lowest BCUT2D eigenvalue weighted by Gasteiger charge is -2.45. The Hall–Kier alpha value is 0.0669. The van der Waals surface area contributed by atoms with Crippen molar-refractivity contribution in [1.82, 2.24) is 9.13 Å². The highest BCUT2D eigenvalue weighted by molar-refractivity contribution is 6.31. The normalized spacial score (nSPS) is 26.5. The molecule has 1 fully saturated rings. The van der Waals surface area contributed by atoms with Crippen molar-refractivity contribution < 1.29 is 4.39 Å². The quantitative estimate of drug-likeness (QED) is 0.367. The average Bonchev–Trinajstić information content (AvgIpc) is 2.15. The van der Waals surface area contributed by atoms with Gasteiger partial charge in [0.25, 0.3) is 0 Å². The summed E-state index contributed by atoms with van der Waals surface area (Å²) in [5, 5.41) is 0. The molecule has 0 saturated carbocycles. The van der Waals surface area contributed by atoms with Crippen molar-refractivity contribution in [2.45, 2.75) is 46.0 Å². The van der Waals surface area contributed by atoms with Gasteiger partial charge in [0, 0.05) is 0 Å². The molecule has 0 radical (unpaired) electrons. The monoisotopic (exact) mass is 204 g/mol. The second-order valence-corrected chi connectivity index (χ2v) is 5.69. The van der Waals surface area contributed by atoms with Crippen molar-refractivity contribution in [2.24, 2.45) is 0 Å². The van der Waals surface area contributed by atoms with Crippen LogP contribution < -0.4 is 0 Å². The zero-order valence-electron chi connectivity index (χ0n) is 8.80. The minimum Gasteiger partial charge on any atom is -0.275 e. The summed E-state index contributed by atoms with van der Waals surface area (Å²) >= 11 is 0. The van der Waals surface area contributed by atoms with Gasteiger partial charge in [-0.05, 0) is 25.9 Å². The van der Waals surface area contributed by atoms with E-state index in [1.807, 2.05) is 9.13 Å². The number of unbranched alkanes of at least 4 members (excludes halogenated alkanes) is 2. The maximum absolute atomic E-state index is 13.3. The van der Waals surface area contributed by atoms with Gasteiger partial charge in [0.2, 0.25) is 0 Å². The summed E-state index contributed by atoms with van der Waals surface area (Å²) in [7, 11) is -0.362. The van der Waals surface area contributed by atoms with Crippen LogP contribution in [0.3, 0.4) is 0 Å². The molecule has 1 rings (SSSR count). The number of rotatable bonds is 6. The summed E-state index contributed by atoms with van der Waals surface area (Å²) in [6.07, 6.45) is 3.99. The number of halogens is 1. The second kappa shape index (κ2) is 5.73. The van der Waals surface area contributed by atoms with Gasteiger partial charge in [-0.25, -0.2) is 4.39 Å². The van der Waals surface area contributed by atoms with E-state index in [9.17, 15) is 4.39 Å². The molecule has 0 aromatic rings. The highest BCUT2D eigenvalue weighted by Crippen LogP contribution is 2.18. The van der Waals surface area contributed by atoms with E-state index in [2.05, 4.69) is 13.8 Å². The van der Waals surface area contributed by atoms with Crippen LogP contribution in [0.15, 0.2) is 0 Å². The first-order chi connectivity index (χ1) is 6.29. The van der Waals surface area contributed by atoms with Gasteiger partial charge in [-0.15, -0.1) is 0 Å². The van der Waals surface area contributed by atoms with Gasteiger partial charge < -0.3 is 0 Å². The van der Waals surface area contributed by atoms with Crippen LogP contribution in [0.5, 0.6) is 0 Å². The Labute approximate surface area is 83.1 Å². The Morgan fingerprint density at radius 3 is 2.31 bits per heavy atom. The van der Waals surface area contributed by atoms with Crippen LogP contribution in [-0.4, -0.2) is 38.5 Å². The molecule has 1 saturated heterocycles. The first kappa shape index (κ1) is 11.1. The van der Waals surface area contributed by atoms with Crippen LogP contribution >= 0.6 is 0 Å². The van der Waals surface area contributed by atoms with Gasteiger partial charge in [-0.3, -0.25) is 9.13 Å². The molecule has 1 atom stereocenters. The van der Waals surface area contributed by atoms with Gasteiger partial charge in [-0.1, -0.05) is 26.7 Å². The third-order valence-corrected chi connectivity index (χ3v) is 4.49. The summed E-state index contributed by atoms with van der Waals surface area (Å²) in [4.78, 5) is 0. The fourth-order valence-corrected chi connectivity index (χ4v) is 3.42. The number of alkyl halides is 1. The van der Waals surface area contributed by atoms with Crippen molar-refractivity contribution in [2.75, 3.05) is 13.1 Å². The highest BCUT2D eigenvalue weighted by atomic mass is 28.2. The summed E-state index contributed by atoms with van der Waals surface area (Å²) < 4.78 is 17.4. The third-order valence-electron chi connectivity index (χ3n) is 2.53. The summed E-state index contributed by atoms with van der Waals surface area (Å²) in [5.74, 6) is 0. The largest absolute Gasteiger partial charge is 0.275 e. The van der Waals surface area contributed by atoms with E-state index in [0.717, 1.165) is 19.5 Å². The van der Waals surface area contributed by atoms with Crippen LogP contribution in [0.1, 0.15) is 39.5 Å². The molecule has 0 aliphatic carbocycles. The van der Waals surface area contributed by atoms with Gasteiger partial charge in [0.05, 0.1) is 0 Å². The maximum atomic E-state index is 13.3. The van der Waals surface area contributed by atoms with E-state index in [-0.39, 0.29) is 9.84 Å². The van der Waals surface area contributed by atoms with Crippen LogP contribution in [0.25, 0.3) is 0 Å². The third kappa shape index (κ3) is 3.04. The fraction of sp³-hybridized carbons (Fsp3) is 1.00. The van der Waals surface area contributed by atoms with Crippen LogP contribution in [0.2, 0.25) is 0 Å². The predicted octanol–water partition coefficient (Wildman–Crippen LogP) is 1.46. The Bertz CT molecular complexity index is 144. The molecule has 13 heavy (non-hydrogen) atoms. The Morgan fingerprint density at radius 2 is 1.77 bits per heavy atom. The van der Waals surface area contributed by atoms with E-state index >= 15 is 0 Å². The van der Waals surface area contributed by atoms with Crippen LogP contribution in [-0.2, 0) is 0 Å². The molecule has 0 bridgehead atoms. The maximum Gasteiger partial charge on any atom is 0.199 e. The van der Waals surface area contributed by atoms with Gasteiger partial charge in [0.15, 0.2) is 16.3 Å². The zero-order valence-corrected chi connectivity index (χ0v) is 10.2. The summed E-state index contributed by atoms with van der Waals surface area (Å²) in [6, 6.07) is 0. The highest BCUT2D eigenvalue weighted by Gasteiger charge is 2.35. The second-order valence-electron chi connectivity index (χ2n) is 3.78. The van der Waals surface area contributed by atoms with E-state index in [1.54, 1.807) is 0 Å². The van der Waals surface area contributed by atoms with E-state index in [4.69, 9.17) is 0 Å². The summed E-state index contributed by atoms with van der Waals surface area (Å²) in [6.45, 7) is 6.24. The zero-order chi connectivity index (χ0) is 9.68. The molecule has 1 unspecified atom stereocenters. The Kier molecular flexibility index (Phi) is 4.91. The average molecular weight is 204 g/mol. The molecule has 1 heterocycles. The molecule has 0 aromatic heterocycles. The first-order valence-corrected chi connectivity index (χ1v) is 6.68. The SMILES string of the molecule is CCCCCN1[SiH2]N(CCC)C1F. The molecule has 0 N–H and O–H groups in total. The molecule has 2 nitrogen and oxygen atoms in total. The summed E-state index contributed by atoms with van der Waals surface area (Å²) in [5.41, 5.74) is 0. The lowest BCUT2D eigenvalue weighted by atomic mass is 10.2. The molecule has 1 aliphatic heterocycles. The number of hydrogen-bond donors (Lipinski definition) is 0. The molecule has 78 valence electrons. The van der Waals surface area contributed by atoms with Crippen molar-refractivity contribution in [1.29, 1.82) is 0 Å². The fourth-order valence-electron chi connectivity index (χ4n) is 1.71. The first-order valence-electron chi connectivity index (χ1n) is 5.41. The predicted molar refractivity (Wildman–Crippen MR) is 56.7 cm³/mol. The van der Waals surface area contributed by atoms with Crippen LogP contribution in [0.4, 0.5) is 4.39 Å². The molecular weight excluding hydrogens is 183 g/mol. The van der Waals surface area contributed by atoms with Crippen LogP contribution in [0, 0.1) is 0 Å². The van der Waals surface area contributed by atoms with Crippen molar-refractivity contribution in [3.63, 3.8) is 0 Å². The number of nitrogens with zero attached hydrogens (tertiary/aromatic N) is 2. The molecule has 0 spiro atoms. The smallest absolute Gasteiger partial charge is 0.199 e. The van der Waals surface area contributed by atoms with Crippen molar-refractivity contribution in [3.8, 4) is 0 Å². The Morgan fingerprint density at radius 1 is 1.08 bits per heavy atom. The molecule has 0 aromatic carbocycles. The van der Waals surface area contributed by atoms with E-state index < -0.39 is 6.42 Å². The minimum atomic E-state index is -0.733. The molecule has 0 amide bonds. The van der Waals surface area contributed by atoms with Gasteiger partial charge in [-0.2, -0.15) is 0 Å². The van der Waals surface area contributed by atoms with Crippen molar-refractivity contribution >= 4 is 9.84 Å². The van der Waals surface area contributed by atoms with E-state index in [0.29, 0.717) is 0 Å². The van der Waals surface area contributed by atoms with Gasteiger partial charge in [0.1, 0.15) is 0 Å².